The molecule has 2 rings (SSSR count). The van der Waals surface area contributed by atoms with Crippen molar-refractivity contribution in [3.63, 3.8) is 0 Å². The molecule has 0 fully saturated rings. The molecule has 2 aromatic rings. The zero-order valence-electron chi connectivity index (χ0n) is 11.6. The number of hydrogen-bond acceptors (Lipinski definition) is 6. The van der Waals surface area contributed by atoms with Gasteiger partial charge in [-0.05, 0) is 30.3 Å². The van der Waals surface area contributed by atoms with Gasteiger partial charge < -0.3 is 8.97 Å². The predicted octanol–water partition coefficient (Wildman–Crippen LogP) is -0.742. The van der Waals surface area contributed by atoms with Gasteiger partial charge in [-0.15, -0.1) is 0 Å². The van der Waals surface area contributed by atoms with Crippen LogP contribution in [0, 0.1) is 0 Å². The van der Waals surface area contributed by atoms with E-state index in [1.807, 2.05) is 0 Å². The van der Waals surface area contributed by atoms with Crippen LogP contribution in [-0.4, -0.2) is 25.1 Å². The fourth-order valence-corrected chi connectivity index (χ4v) is 2.35. The number of carbonyl (C=O) groups excluding carboxylic acids is 1. The molecule has 11 heteroatoms. The first-order valence-electron chi connectivity index (χ1n) is 5.61. The van der Waals surface area contributed by atoms with Crippen molar-refractivity contribution in [1.29, 1.82) is 0 Å². The first-order chi connectivity index (χ1) is 10.3. The second kappa shape index (κ2) is 8.29. The normalized spacial score (nSPS) is 11.3. The average Bonchev–Trinajstić information content (AvgIpc) is 2.87. The molecule has 1 aromatic heterocycles. The Morgan fingerprint density at radius 3 is 2.52 bits per heavy atom. The Bertz CT molecular complexity index is 851. The topological polar surface area (TPSA) is 112 Å². The molecule has 116 valence electrons. The molecule has 0 aliphatic rings. The molecule has 0 bridgehead atoms. The van der Waals surface area contributed by atoms with Gasteiger partial charge in [0.05, 0.1) is 16.8 Å². The predicted molar refractivity (Wildman–Crippen MR) is 78.2 cm³/mol. The van der Waals surface area contributed by atoms with E-state index in [1.54, 1.807) is 0 Å². The van der Waals surface area contributed by atoms with Gasteiger partial charge in [0.2, 0.25) is 5.09 Å². The molecular formula is C12H7Cl2N2NaO5S. The van der Waals surface area contributed by atoms with Gasteiger partial charge in [0.25, 0.3) is 5.91 Å². The monoisotopic (exact) mass is 384 g/mol. The second-order valence-corrected chi connectivity index (χ2v) is 6.09. The Balaban J connectivity index is 0.00000264. The van der Waals surface area contributed by atoms with Crippen molar-refractivity contribution >= 4 is 45.4 Å². The summed E-state index contributed by atoms with van der Waals surface area (Å²) in [6.07, 6.45) is 1.04. The van der Waals surface area contributed by atoms with Crippen molar-refractivity contribution in [2.75, 3.05) is 0 Å². The van der Waals surface area contributed by atoms with Gasteiger partial charge in [-0.3, -0.25) is 4.79 Å². The summed E-state index contributed by atoms with van der Waals surface area (Å²) < 4.78 is 36.8. The molecule has 0 saturated heterocycles. The summed E-state index contributed by atoms with van der Waals surface area (Å²) in [6, 6.07) is 6.52. The first-order valence-corrected chi connectivity index (χ1v) is 7.78. The van der Waals surface area contributed by atoms with E-state index in [1.165, 1.54) is 24.3 Å². The molecule has 1 aromatic carbocycles. The van der Waals surface area contributed by atoms with Crippen LogP contribution < -0.4 is 35.0 Å². The number of amides is 1. The molecule has 0 spiro atoms. The van der Waals surface area contributed by atoms with Gasteiger partial charge in [-0.1, -0.05) is 23.2 Å². The molecule has 1 N–H and O–H groups in total. The number of nitrogens with zero attached hydrogens (tertiary/aromatic N) is 1. The largest absolute Gasteiger partial charge is 1.00 e. The third kappa shape index (κ3) is 5.61. The number of nitrogens with one attached hydrogen (secondary N) is 1. The number of rotatable bonds is 4. The van der Waals surface area contributed by atoms with Crippen molar-refractivity contribution in [2.24, 2.45) is 5.10 Å². The number of furan rings is 1. The fourth-order valence-electron chi connectivity index (χ4n) is 1.43. The Kier molecular flexibility index (Phi) is 7.28. The molecule has 1 heterocycles. The number of carbonyl (C=O) groups is 1. The first kappa shape index (κ1) is 20.2. The Labute approximate surface area is 163 Å². The number of hydrogen-bond donors (Lipinski definition) is 1. The minimum atomic E-state index is -4.67. The zero-order chi connectivity index (χ0) is 16.3. The van der Waals surface area contributed by atoms with Crippen LogP contribution in [0.2, 0.25) is 10.0 Å². The average molecular weight is 385 g/mol. The van der Waals surface area contributed by atoms with Crippen LogP contribution in [0.15, 0.2) is 44.9 Å². The SMILES string of the molecule is O=C(N/N=C/c1ccc(S(=O)(=O)[O-])o1)c1ccc(Cl)cc1Cl.[Na+]. The minimum absolute atomic E-state index is 0. The van der Waals surface area contributed by atoms with Crippen LogP contribution in [-0.2, 0) is 10.1 Å². The molecule has 0 aliphatic heterocycles. The van der Waals surface area contributed by atoms with Crippen molar-refractivity contribution in [3.8, 4) is 0 Å². The van der Waals surface area contributed by atoms with Gasteiger partial charge in [0.15, 0.2) is 10.1 Å². The van der Waals surface area contributed by atoms with Crippen molar-refractivity contribution in [3.05, 3.63) is 51.7 Å². The van der Waals surface area contributed by atoms with Gasteiger partial charge in [-0.25, -0.2) is 13.8 Å². The van der Waals surface area contributed by atoms with Gasteiger partial charge in [-0.2, -0.15) is 5.10 Å². The summed E-state index contributed by atoms with van der Waals surface area (Å²) in [6.45, 7) is 0. The van der Waals surface area contributed by atoms with Crippen LogP contribution in [0.4, 0.5) is 0 Å². The summed E-state index contributed by atoms with van der Waals surface area (Å²) in [5.74, 6) is -0.613. The van der Waals surface area contributed by atoms with E-state index in [0.29, 0.717) is 5.02 Å². The summed E-state index contributed by atoms with van der Waals surface area (Å²) in [4.78, 5) is 11.8. The third-order valence-corrected chi connectivity index (χ3v) is 3.64. The van der Waals surface area contributed by atoms with E-state index in [-0.39, 0.29) is 45.9 Å². The number of halogens is 2. The van der Waals surface area contributed by atoms with E-state index in [9.17, 15) is 17.8 Å². The molecule has 0 unspecified atom stereocenters. The van der Waals surface area contributed by atoms with E-state index >= 15 is 0 Å². The molecule has 7 nitrogen and oxygen atoms in total. The van der Waals surface area contributed by atoms with E-state index in [2.05, 4.69) is 10.5 Å². The van der Waals surface area contributed by atoms with Crippen molar-refractivity contribution in [2.45, 2.75) is 5.09 Å². The maximum absolute atomic E-state index is 11.8. The van der Waals surface area contributed by atoms with E-state index < -0.39 is 21.1 Å². The van der Waals surface area contributed by atoms with Crippen molar-refractivity contribution in [1.82, 2.24) is 5.43 Å². The smallest absolute Gasteiger partial charge is 0.742 e. The number of benzene rings is 1. The molecule has 23 heavy (non-hydrogen) atoms. The third-order valence-electron chi connectivity index (χ3n) is 2.38. The second-order valence-electron chi connectivity index (χ2n) is 3.93. The number of hydrazone groups is 1. The molecular weight excluding hydrogens is 378 g/mol. The van der Waals surface area contributed by atoms with Gasteiger partial charge >= 0.3 is 29.6 Å². The van der Waals surface area contributed by atoms with Crippen molar-refractivity contribution < 1.29 is 51.7 Å². The quantitative estimate of drug-likeness (QED) is 0.323. The molecule has 0 saturated carbocycles. The fraction of sp³-hybridized carbons (Fsp3) is 0. The summed E-state index contributed by atoms with van der Waals surface area (Å²) in [5.41, 5.74) is 2.33. The maximum Gasteiger partial charge on any atom is 1.00 e. The van der Waals surface area contributed by atoms with Gasteiger partial charge in [0.1, 0.15) is 5.76 Å². The van der Waals surface area contributed by atoms with E-state index in [0.717, 1.165) is 12.3 Å². The Morgan fingerprint density at radius 2 is 1.96 bits per heavy atom. The molecule has 0 radical (unpaired) electrons. The summed E-state index contributed by atoms with van der Waals surface area (Å²) in [5, 5.41) is 3.37. The Morgan fingerprint density at radius 1 is 1.26 bits per heavy atom. The Hall–Kier alpha value is -0.870. The summed E-state index contributed by atoms with van der Waals surface area (Å²) >= 11 is 11.6. The van der Waals surface area contributed by atoms with E-state index in [4.69, 9.17) is 27.6 Å². The van der Waals surface area contributed by atoms with Crippen LogP contribution in [0.25, 0.3) is 0 Å². The minimum Gasteiger partial charge on any atom is -0.742 e. The van der Waals surface area contributed by atoms with Crippen LogP contribution in [0.1, 0.15) is 16.1 Å². The molecule has 1 amide bonds. The maximum atomic E-state index is 11.8. The molecule has 0 atom stereocenters. The van der Waals surface area contributed by atoms with Crippen LogP contribution in [0.3, 0.4) is 0 Å². The van der Waals surface area contributed by atoms with Gasteiger partial charge in [0, 0.05) is 5.02 Å². The molecule has 0 aliphatic carbocycles. The van der Waals surface area contributed by atoms with Crippen LogP contribution in [0.5, 0.6) is 0 Å². The van der Waals surface area contributed by atoms with Crippen LogP contribution >= 0.6 is 23.2 Å². The zero-order valence-corrected chi connectivity index (χ0v) is 15.9. The standard InChI is InChI=1S/C12H8Cl2N2O5S.Na/c13-7-1-3-9(10(14)5-7)12(17)16-15-6-8-2-4-11(21-8)22(18,19)20;/h1-6H,(H,16,17)(H,18,19,20);/q;+1/p-1/b15-6+;. The summed E-state index contributed by atoms with van der Waals surface area (Å²) in [7, 11) is -4.67.